The van der Waals surface area contributed by atoms with Gasteiger partial charge in [0.25, 0.3) is 0 Å². The maximum absolute atomic E-state index is 13.2. The number of rotatable bonds is 3. The van der Waals surface area contributed by atoms with Gasteiger partial charge in [0.1, 0.15) is 5.82 Å². The number of nitrogens with zero attached hydrogens (tertiary/aromatic N) is 1. The zero-order chi connectivity index (χ0) is 14.8. The fourth-order valence-corrected chi connectivity index (χ4v) is 2.75. The van der Waals surface area contributed by atoms with Gasteiger partial charge in [0, 0.05) is 12.6 Å². The minimum Gasteiger partial charge on any atom is -0.329 e. The molecule has 1 heterocycles. The summed E-state index contributed by atoms with van der Waals surface area (Å²) in [5.41, 5.74) is 6.44. The van der Waals surface area contributed by atoms with Crippen LogP contribution in [0, 0.1) is 11.7 Å². The molecule has 0 aromatic heterocycles. The second-order valence-electron chi connectivity index (χ2n) is 5.16. The van der Waals surface area contributed by atoms with Crippen molar-refractivity contribution in [1.82, 2.24) is 4.90 Å². The minimum absolute atomic E-state index is 0.0787. The van der Waals surface area contributed by atoms with Gasteiger partial charge in [0.2, 0.25) is 0 Å². The average Bonchev–Trinajstić information content (AvgIpc) is 2.39. The summed E-state index contributed by atoms with van der Waals surface area (Å²) in [6, 6.07) is 5.87. The Kier molecular flexibility index (Phi) is 4.65. The van der Waals surface area contributed by atoms with E-state index in [2.05, 4.69) is 0 Å². The highest BCUT2D eigenvalue weighted by atomic mass is 19.4. The third-order valence-corrected chi connectivity index (χ3v) is 3.89. The van der Waals surface area contributed by atoms with Crippen molar-refractivity contribution in [2.75, 3.05) is 19.6 Å². The highest BCUT2D eigenvalue weighted by Gasteiger charge is 2.41. The Bertz CT molecular complexity index is 439. The molecule has 0 spiro atoms. The largest absolute Gasteiger partial charge is 0.391 e. The van der Waals surface area contributed by atoms with E-state index in [1.165, 1.54) is 12.1 Å². The molecule has 0 amide bonds. The monoisotopic (exact) mass is 290 g/mol. The van der Waals surface area contributed by atoms with Crippen molar-refractivity contribution in [3.8, 4) is 0 Å². The summed E-state index contributed by atoms with van der Waals surface area (Å²) < 4.78 is 51.1. The van der Waals surface area contributed by atoms with E-state index in [1.807, 2.05) is 4.90 Å². The van der Waals surface area contributed by atoms with Gasteiger partial charge < -0.3 is 5.73 Å². The Hall–Kier alpha value is -1.14. The lowest BCUT2D eigenvalue weighted by Crippen LogP contribution is -2.42. The van der Waals surface area contributed by atoms with Crippen molar-refractivity contribution < 1.29 is 17.6 Å². The number of benzene rings is 1. The molecule has 0 saturated carbocycles. The van der Waals surface area contributed by atoms with E-state index in [-0.39, 0.29) is 31.2 Å². The maximum atomic E-state index is 13.2. The number of nitrogens with two attached hydrogens (primary N) is 1. The minimum atomic E-state index is -4.12. The van der Waals surface area contributed by atoms with Crippen LogP contribution in [0.2, 0.25) is 0 Å². The topological polar surface area (TPSA) is 29.3 Å². The predicted molar refractivity (Wildman–Crippen MR) is 68.5 cm³/mol. The summed E-state index contributed by atoms with van der Waals surface area (Å²) in [7, 11) is 0. The van der Waals surface area contributed by atoms with Crippen LogP contribution in [0.1, 0.15) is 24.4 Å². The van der Waals surface area contributed by atoms with Gasteiger partial charge in [-0.15, -0.1) is 0 Å². The number of alkyl halides is 3. The molecular formula is C14H18F4N2. The zero-order valence-electron chi connectivity index (χ0n) is 11.0. The molecule has 1 atom stereocenters. The van der Waals surface area contributed by atoms with Crippen LogP contribution in [0.15, 0.2) is 24.3 Å². The fraction of sp³-hybridized carbons (Fsp3) is 0.571. The molecule has 1 fully saturated rings. The first-order chi connectivity index (χ1) is 9.41. The first-order valence-corrected chi connectivity index (χ1v) is 6.68. The summed E-state index contributed by atoms with van der Waals surface area (Å²) in [6.07, 6.45) is -3.96. The highest BCUT2D eigenvalue weighted by molar-refractivity contribution is 5.20. The van der Waals surface area contributed by atoms with Crippen molar-refractivity contribution in [3.63, 3.8) is 0 Å². The lowest BCUT2D eigenvalue weighted by molar-refractivity contribution is -0.186. The Morgan fingerprint density at radius 2 is 1.90 bits per heavy atom. The van der Waals surface area contributed by atoms with Crippen LogP contribution in [0.4, 0.5) is 17.6 Å². The van der Waals surface area contributed by atoms with Gasteiger partial charge in [0.15, 0.2) is 0 Å². The first kappa shape index (κ1) is 15.3. The molecule has 0 radical (unpaired) electrons. The second kappa shape index (κ2) is 6.10. The van der Waals surface area contributed by atoms with Crippen LogP contribution >= 0.6 is 0 Å². The van der Waals surface area contributed by atoms with E-state index in [4.69, 9.17) is 5.73 Å². The number of likely N-dealkylation sites (tertiary alicyclic amines) is 1. The molecule has 1 aromatic rings. The SMILES string of the molecule is NCC(c1cccc(F)c1)N1CCC(C(F)(F)F)CC1. The van der Waals surface area contributed by atoms with E-state index in [1.54, 1.807) is 12.1 Å². The Labute approximate surface area is 115 Å². The molecule has 0 aliphatic carbocycles. The van der Waals surface area contributed by atoms with Crippen LogP contribution in [-0.2, 0) is 0 Å². The molecule has 1 unspecified atom stereocenters. The van der Waals surface area contributed by atoms with Gasteiger partial charge in [-0.05, 0) is 43.6 Å². The molecule has 20 heavy (non-hydrogen) atoms. The molecule has 2 rings (SSSR count). The summed E-state index contributed by atoms with van der Waals surface area (Å²) in [5, 5.41) is 0. The number of piperidine rings is 1. The van der Waals surface area contributed by atoms with Gasteiger partial charge in [-0.1, -0.05) is 12.1 Å². The number of hydrogen-bond acceptors (Lipinski definition) is 2. The lowest BCUT2D eigenvalue weighted by atomic mass is 9.93. The third-order valence-electron chi connectivity index (χ3n) is 3.89. The number of hydrogen-bond donors (Lipinski definition) is 1. The molecule has 0 bridgehead atoms. The van der Waals surface area contributed by atoms with Crippen LogP contribution in [0.3, 0.4) is 0 Å². The first-order valence-electron chi connectivity index (χ1n) is 6.68. The molecule has 1 aliphatic rings. The van der Waals surface area contributed by atoms with Gasteiger partial charge >= 0.3 is 6.18 Å². The van der Waals surface area contributed by atoms with Gasteiger partial charge in [-0.25, -0.2) is 4.39 Å². The molecule has 2 N–H and O–H groups in total. The molecule has 1 aromatic carbocycles. The van der Waals surface area contributed by atoms with Crippen LogP contribution in [0.5, 0.6) is 0 Å². The molecule has 6 heteroatoms. The standard InChI is InChI=1S/C14H18F4N2/c15-12-3-1-2-10(8-12)13(9-19)20-6-4-11(5-7-20)14(16,17)18/h1-3,8,11,13H,4-7,9,19H2. The lowest BCUT2D eigenvalue weighted by Gasteiger charge is -2.37. The third kappa shape index (κ3) is 3.49. The van der Waals surface area contributed by atoms with Crippen LogP contribution in [-0.4, -0.2) is 30.7 Å². The van der Waals surface area contributed by atoms with Crippen LogP contribution < -0.4 is 5.73 Å². The molecule has 112 valence electrons. The van der Waals surface area contributed by atoms with E-state index >= 15 is 0 Å². The van der Waals surface area contributed by atoms with Gasteiger partial charge in [0.05, 0.1) is 5.92 Å². The van der Waals surface area contributed by atoms with Crippen molar-refractivity contribution in [1.29, 1.82) is 0 Å². The molecule has 1 aliphatic heterocycles. The van der Waals surface area contributed by atoms with Crippen molar-refractivity contribution in [2.45, 2.75) is 25.1 Å². The van der Waals surface area contributed by atoms with Gasteiger partial charge in [-0.3, -0.25) is 4.90 Å². The van der Waals surface area contributed by atoms with Crippen molar-refractivity contribution in [2.24, 2.45) is 11.7 Å². The Morgan fingerprint density at radius 1 is 1.25 bits per heavy atom. The van der Waals surface area contributed by atoms with Crippen LogP contribution in [0.25, 0.3) is 0 Å². The van der Waals surface area contributed by atoms with E-state index in [0.717, 1.165) is 5.56 Å². The zero-order valence-corrected chi connectivity index (χ0v) is 11.0. The number of halogens is 4. The van der Waals surface area contributed by atoms with Crippen molar-refractivity contribution in [3.05, 3.63) is 35.6 Å². The highest BCUT2D eigenvalue weighted by Crippen LogP contribution is 2.36. The molecular weight excluding hydrogens is 272 g/mol. The van der Waals surface area contributed by atoms with E-state index < -0.39 is 12.1 Å². The maximum Gasteiger partial charge on any atom is 0.391 e. The average molecular weight is 290 g/mol. The smallest absolute Gasteiger partial charge is 0.329 e. The molecule has 2 nitrogen and oxygen atoms in total. The second-order valence-corrected chi connectivity index (χ2v) is 5.16. The summed E-state index contributed by atoms with van der Waals surface area (Å²) in [4.78, 5) is 1.91. The normalized spacial score (nSPS) is 20.1. The molecule has 1 saturated heterocycles. The van der Waals surface area contributed by atoms with Gasteiger partial charge in [-0.2, -0.15) is 13.2 Å². The predicted octanol–water partition coefficient (Wildman–Crippen LogP) is 3.10. The summed E-state index contributed by atoms with van der Waals surface area (Å²) in [5.74, 6) is -1.59. The Balaban J connectivity index is 2.04. The fourth-order valence-electron chi connectivity index (χ4n) is 2.75. The van der Waals surface area contributed by atoms with Crippen molar-refractivity contribution >= 4 is 0 Å². The van der Waals surface area contributed by atoms with E-state index in [0.29, 0.717) is 13.1 Å². The Morgan fingerprint density at radius 3 is 2.40 bits per heavy atom. The van der Waals surface area contributed by atoms with E-state index in [9.17, 15) is 17.6 Å². The summed E-state index contributed by atoms with van der Waals surface area (Å²) in [6.45, 7) is 0.936. The quantitative estimate of drug-likeness (QED) is 0.867. The summed E-state index contributed by atoms with van der Waals surface area (Å²) >= 11 is 0.